The first-order valence-corrected chi connectivity index (χ1v) is 8.17. The quantitative estimate of drug-likeness (QED) is 0.743. The Morgan fingerprint density at radius 3 is 2.60 bits per heavy atom. The van der Waals surface area contributed by atoms with Crippen molar-refractivity contribution in [3.05, 3.63) is 59.9 Å². The number of carbonyl (C=O) groups is 1. The molecule has 25 heavy (non-hydrogen) atoms. The Morgan fingerprint density at radius 1 is 1.16 bits per heavy atom. The van der Waals surface area contributed by atoms with Gasteiger partial charge in [0.05, 0.1) is 23.4 Å². The van der Waals surface area contributed by atoms with Gasteiger partial charge >= 0.3 is 5.97 Å². The molecule has 0 spiro atoms. The van der Waals surface area contributed by atoms with Gasteiger partial charge in [-0.05, 0) is 67.3 Å². The molecule has 0 radical (unpaired) electrons. The molecular formula is C20H16FNO3. The van der Waals surface area contributed by atoms with Gasteiger partial charge in [0.1, 0.15) is 11.6 Å². The number of carboxylic acid groups (broad SMARTS) is 1. The molecular weight excluding hydrogens is 321 g/mol. The van der Waals surface area contributed by atoms with E-state index in [1.807, 2.05) is 24.3 Å². The molecule has 4 rings (SSSR count). The maximum atomic E-state index is 13.4. The van der Waals surface area contributed by atoms with Gasteiger partial charge in [0.15, 0.2) is 0 Å². The summed E-state index contributed by atoms with van der Waals surface area (Å²) in [5.41, 5.74) is 1.80. The number of ether oxygens (including phenoxy) is 1. The highest BCUT2D eigenvalue weighted by Gasteiger charge is 2.21. The lowest BCUT2D eigenvalue weighted by Crippen LogP contribution is -2.01. The van der Waals surface area contributed by atoms with Crippen molar-refractivity contribution in [3.8, 4) is 17.0 Å². The van der Waals surface area contributed by atoms with Crippen LogP contribution in [0.25, 0.3) is 22.2 Å². The van der Waals surface area contributed by atoms with Gasteiger partial charge in [-0.2, -0.15) is 0 Å². The average molecular weight is 337 g/mol. The molecule has 1 fully saturated rings. The summed E-state index contributed by atoms with van der Waals surface area (Å²) in [4.78, 5) is 16.0. The van der Waals surface area contributed by atoms with Crippen LogP contribution in [0.5, 0.6) is 5.75 Å². The molecule has 1 aliphatic rings. The smallest absolute Gasteiger partial charge is 0.336 e. The number of benzene rings is 2. The monoisotopic (exact) mass is 337 g/mol. The third kappa shape index (κ3) is 3.31. The van der Waals surface area contributed by atoms with Gasteiger partial charge in [-0.3, -0.25) is 0 Å². The highest BCUT2D eigenvalue weighted by molar-refractivity contribution is 6.03. The lowest BCUT2D eigenvalue weighted by Gasteiger charge is -2.09. The van der Waals surface area contributed by atoms with E-state index in [-0.39, 0.29) is 5.56 Å². The van der Waals surface area contributed by atoms with Crippen LogP contribution in [0.2, 0.25) is 0 Å². The van der Waals surface area contributed by atoms with E-state index in [1.54, 1.807) is 0 Å². The molecule has 0 amide bonds. The summed E-state index contributed by atoms with van der Waals surface area (Å²) in [7, 11) is 0. The van der Waals surface area contributed by atoms with Gasteiger partial charge in [-0.15, -0.1) is 0 Å². The standard InChI is InChI=1S/C20H16FNO3/c21-14-5-8-18-16(9-14)17(20(23)24)10-19(22-18)13-3-6-15(7-4-13)25-11-12-1-2-12/h3-10,12H,1-2,11H2,(H,23,24). The highest BCUT2D eigenvalue weighted by Crippen LogP contribution is 2.30. The Balaban J connectivity index is 1.70. The molecule has 0 bridgehead atoms. The predicted molar refractivity (Wildman–Crippen MR) is 92.3 cm³/mol. The number of aromatic carboxylic acids is 1. The topological polar surface area (TPSA) is 59.4 Å². The normalized spacial score (nSPS) is 13.8. The van der Waals surface area contributed by atoms with E-state index in [0.29, 0.717) is 22.5 Å². The van der Waals surface area contributed by atoms with Crippen LogP contribution in [0.1, 0.15) is 23.2 Å². The van der Waals surface area contributed by atoms with Crippen LogP contribution in [-0.4, -0.2) is 22.7 Å². The minimum atomic E-state index is -1.11. The van der Waals surface area contributed by atoms with E-state index < -0.39 is 11.8 Å². The van der Waals surface area contributed by atoms with Crippen molar-refractivity contribution in [3.63, 3.8) is 0 Å². The van der Waals surface area contributed by atoms with E-state index in [0.717, 1.165) is 17.9 Å². The van der Waals surface area contributed by atoms with Gasteiger partial charge in [-0.25, -0.2) is 14.2 Å². The number of hydrogen-bond donors (Lipinski definition) is 1. The van der Waals surface area contributed by atoms with Crippen molar-refractivity contribution in [2.45, 2.75) is 12.8 Å². The van der Waals surface area contributed by atoms with Gasteiger partial charge in [0.2, 0.25) is 0 Å². The Morgan fingerprint density at radius 2 is 1.92 bits per heavy atom. The first-order chi connectivity index (χ1) is 12.1. The second-order valence-electron chi connectivity index (χ2n) is 6.30. The van der Waals surface area contributed by atoms with Crippen LogP contribution in [0.4, 0.5) is 4.39 Å². The van der Waals surface area contributed by atoms with Crippen LogP contribution in [0.3, 0.4) is 0 Å². The molecule has 2 aromatic carbocycles. The summed E-state index contributed by atoms with van der Waals surface area (Å²) < 4.78 is 19.2. The average Bonchev–Trinajstić information content (AvgIpc) is 3.44. The minimum Gasteiger partial charge on any atom is -0.493 e. The molecule has 3 aromatic rings. The van der Waals surface area contributed by atoms with Crippen molar-refractivity contribution in [2.24, 2.45) is 5.92 Å². The number of hydrogen-bond acceptors (Lipinski definition) is 3. The first-order valence-electron chi connectivity index (χ1n) is 8.17. The molecule has 1 aromatic heterocycles. The summed E-state index contributed by atoms with van der Waals surface area (Å²) >= 11 is 0. The van der Waals surface area contributed by atoms with Crippen LogP contribution >= 0.6 is 0 Å². The zero-order chi connectivity index (χ0) is 17.4. The summed E-state index contributed by atoms with van der Waals surface area (Å²) in [5.74, 6) is -0.123. The van der Waals surface area contributed by atoms with Gasteiger partial charge in [0, 0.05) is 10.9 Å². The Kier molecular flexibility index (Phi) is 3.84. The van der Waals surface area contributed by atoms with Gasteiger partial charge < -0.3 is 9.84 Å². The van der Waals surface area contributed by atoms with Crippen molar-refractivity contribution in [2.75, 3.05) is 6.61 Å². The SMILES string of the molecule is O=C(O)c1cc(-c2ccc(OCC3CC3)cc2)nc2ccc(F)cc12. The second-order valence-corrected chi connectivity index (χ2v) is 6.30. The third-order valence-corrected chi connectivity index (χ3v) is 4.33. The number of nitrogens with zero attached hydrogens (tertiary/aromatic N) is 1. The summed E-state index contributed by atoms with van der Waals surface area (Å²) in [6.07, 6.45) is 2.47. The van der Waals surface area contributed by atoms with E-state index in [4.69, 9.17) is 4.74 Å². The number of pyridine rings is 1. The minimum absolute atomic E-state index is 0.0357. The van der Waals surface area contributed by atoms with Crippen LogP contribution in [0.15, 0.2) is 48.5 Å². The summed E-state index contributed by atoms with van der Waals surface area (Å²) in [6, 6.07) is 12.9. The summed E-state index contributed by atoms with van der Waals surface area (Å²) in [5, 5.41) is 9.74. The number of fused-ring (bicyclic) bond motifs is 1. The summed E-state index contributed by atoms with van der Waals surface area (Å²) in [6.45, 7) is 0.738. The van der Waals surface area contributed by atoms with Crippen LogP contribution in [-0.2, 0) is 0 Å². The maximum absolute atomic E-state index is 13.4. The molecule has 126 valence electrons. The van der Waals surface area contributed by atoms with E-state index in [9.17, 15) is 14.3 Å². The molecule has 0 saturated heterocycles. The number of rotatable bonds is 5. The molecule has 1 saturated carbocycles. The third-order valence-electron chi connectivity index (χ3n) is 4.33. The molecule has 1 N–H and O–H groups in total. The fourth-order valence-corrected chi connectivity index (χ4v) is 2.74. The Bertz CT molecular complexity index is 949. The molecule has 4 nitrogen and oxygen atoms in total. The maximum Gasteiger partial charge on any atom is 0.336 e. The van der Waals surface area contributed by atoms with Gasteiger partial charge in [-0.1, -0.05) is 0 Å². The molecule has 0 atom stereocenters. The number of carboxylic acids is 1. The van der Waals surface area contributed by atoms with Crippen molar-refractivity contribution in [1.82, 2.24) is 4.98 Å². The Hall–Kier alpha value is -2.95. The van der Waals surface area contributed by atoms with Crippen molar-refractivity contribution < 1.29 is 19.0 Å². The van der Waals surface area contributed by atoms with Crippen LogP contribution in [0, 0.1) is 11.7 Å². The first kappa shape index (κ1) is 15.6. The van der Waals surface area contributed by atoms with E-state index in [1.165, 1.54) is 37.1 Å². The number of aromatic nitrogens is 1. The zero-order valence-corrected chi connectivity index (χ0v) is 13.4. The fraction of sp³-hybridized carbons (Fsp3) is 0.200. The van der Waals surface area contributed by atoms with E-state index in [2.05, 4.69) is 4.98 Å². The lowest BCUT2D eigenvalue weighted by molar-refractivity contribution is 0.0699. The van der Waals surface area contributed by atoms with Crippen LogP contribution < -0.4 is 4.74 Å². The molecule has 0 unspecified atom stereocenters. The molecule has 5 heteroatoms. The molecule has 0 aliphatic heterocycles. The van der Waals surface area contributed by atoms with Gasteiger partial charge in [0.25, 0.3) is 0 Å². The highest BCUT2D eigenvalue weighted by atomic mass is 19.1. The van der Waals surface area contributed by atoms with Crippen molar-refractivity contribution in [1.29, 1.82) is 0 Å². The molecule has 1 aliphatic carbocycles. The number of halogens is 1. The Labute approximate surface area is 143 Å². The zero-order valence-electron chi connectivity index (χ0n) is 13.4. The molecule has 1 heterocycles. The van der Waals surface area contributed by atoms with E-state index >= 15 is 0 Å². The largest absolute Gasteiger partial charge is 0.493 e. The second kappa shape index (κ2) is 6.16. The lowest BCUT2D eigenvalue weighted by atomic mass is 10.0. The fourth-order valence-electron chi connectivity index (χ4n) is 2.74. The predicted octanol–water partition coefficient (Wildman–Crippen LogP) is 4.53. The van der Waals surface area contributed by atoms with Crippen molar-refractivity contribution >= 4 is 16.9 Å².